The highest BCUT2D eigenvalue weighted by molar-refractivity contribution is 6.00. The van der Waals surface area contributed by atoms with Crippen LogP contribution < -0.4 is 10.2 Å². The zero-order chi connectivity index (χ0) is 31.9. The van der Waals surface area contributed by atoms with E-state index in [1.54, 1.807) is 12.1 Å². The molecule has 3 heterocycles. The first-order valence-electron chi connectivity index (χ1n) is 13.9. The van der Waals surface area contributed by atoms with Crippen molar-refractivity contribution >= 4 is 11.9 Å². The maximum Gasteiger partial charge on any atom is 0.416 e. The average molecular weight is 626 g/mol. The Morgan fingerprint density at radius 1 is 0.932 bits per heavy atom. The second kappa shape index (κ2) is 14.4. The van der Waals surface area contributed by atoms with Crippen LogP contribution in [0, 0.1) is 6.92 Å². The minimum atomic E-state index is -4.99. The molecule has 0 unspecified atom stereocenters. The predicted octanol–water partition coefficient (Wildman–Crippen LogP) is 5.20. The van der Waals surface area contributed by atoms with Crippen molar-refractivity contribution in [2.75, 3.05) is 64.6 Å². The van der Waals surface area contributed by atoms with Gasteiger partial charge in [0.15, 0.2) is 0 Å². The van der Waals surface area contributed by atoms with Crippen LogP contribution in [0.4, 0.5) is 32.3 Å². The summed E-state index contributed by atoms with van der Waals surface area (Å²) in [5, 5.41) is 3.16. The zero-order valence-electron chi connectivity index (χ0n) is 24.3. The van der Waals surface area contributed by atoms with Crippen molar-refractivity contribution in [2.24, 2.45) is 0 Å². The fraction of sp³-hybridized carbons (Fsp3) is 0.433. The molecule has 2 aromatic carbocycles. The van der Waals surface area contributed by atoms with E-state index in [9.17, 15) is 31.1 Å². The maximum atomic E-state index is 13.5. The van der Waals surface area contributed by atoms with Gasteiger partial charge in [0.25, 0.3) is 5.91 Å². The number of hydrogen-bond acceptors (Lipinski definition) is 7. The van der Waals surface area contributed by atoms with Crippen LogP contribution in [0.3, 0.4) is 0 Å². The van der Waals surface area contributed by atoms with Gasteiger partial charge in [0.1, 0.15) is 0 Å². The summed E-state index contributed by atoms with van der Waals surface area (Å²) in [7, 11) is 1.30. The lowest BCUT2D eigenvalue weighted by molar-refractivity contribution is -0.143. The highest BCUT2D eigenvalue weighted by atomic mass is 19.4. The standard InChI is InChI=1S/C26H24F6N4O2.C4H9NO/c1-16-5-3-4-6-20(16)22-21(14-33-24(34-22)36-7-9-38-10-8-36)23(37)35(2)15-17-11-18(25(27,28)29)13-19(12-17)26(30,31)32;1-3-6-4-2-5-1/h3-6,11-14H,7-10,15H2,1-2H3;5H,1-4H2. The molecular formula is C30H33F6N5O3. The number of amides is 1. The molecule has 2 fully saturated rings. The Labute approximate surface area is 251 Å². The van der Waals surface area contributed by atoms with Gasteiger partial charge in [-0.1, -0.05) is 24.3 Å². The molecule has 0 saturated carbocycles. The molecule has 44 heavy (non-hydrogen) atoms. The van der Waals surface area contributed by atoms with Crippen LogP contribution in [0.25, 0.3) is 11.3 Å². The highest BCUT2D eigenvalue weighted by Crippen LogP contribution is 2.37. The second-order valence-corrected chi connectivity index (χ2v) is 10.3. The number of alkyl halides is 6. The molecular weight excluding hydrogens is 592 g/mol. The number of ether oxygens (including phenoxy) is 2. The topological polar surface area (TPSA) is 79.8 Å². The number of nitrogens with zero attached hydrogens (tertiary/aromatic N) is 4. The van der Waals surface area contributed by atoms with Crippen molar-refractivity contribution in [3.05, 3.63) is 76.5 Å². The van der Waals surface area contributed by atoms with Crippen LogP contribution >= 0.6 is 0 Å². The van der Waals surface area contributed by atoms with E-state index in [-0.39, 0.29) is 17.2 Å². The van der Waals surface area contributed by atoms with Crippen LogP contribution in [-0.2, 0) is 28.4 Å². The molecule has 238 valence electrons. The number of hydrogen-bond donors (Lipinski definition) is 1. The van der Waals surface area contributed by atoms with E-state index >= 15 is 0 Å². The SMILES string of the molecule is C1COCCN1.Cc1ccccc1-c1nc(N2CCOCC2)ncc1C(=O)N(C)Cc1cc(C(F)(F)F)cc(C(F)(F)F)c1. The Kier molecular flexibility index (Phi) is 10.8. The van der Waals surface area contributed by atoms with Gasteiger partial charge in [0, 0.05) is 51.5 Å². The molecule has 8 nitrogen and oxygen atoms in total. The van der Waals surface area contributed by atoms with Gasteiger partial charge in [0.05, 0.1) is 48.8 Å². The average Bonchev–Trinajstić information content (AvgIpc) is 3.01. The van der Waals surface area contributed by atoms with Gasteiger partial charge in [0.2, 0.25) is 5.95 Å². The Balaban J connectivity index is 0.000000657. The number of benzene rings is 2. The van der Waals surface area contributed by atoms with Gasteiger partial charge in [-0.15, -0.1) is 0 Å². The number of halogens is 6. The number of aromatic nitrogens is 2. The van der Waals surface area contributed by atoms with Crippen LogP contribution in [-0.4, -0.2) is 80.4 Å². The Morgan fingerprint density at radius 3 is 2.05 bits per heavy atom. The third kappa shape index (κ3) is 8.67. The summed E-state index contributed by atoms with van der Waals surface area (Å²) < 4.78 is 90.1. The summed E-state index contributed by atoms with van der Waals surface area (Å²) in [5.74, 6) is -0.263. The van der Waals surface area contributed by atoms with Crippen LogP contribution in [0.2, 0.25) is 0 Å². The molecule has 2 aliphatic heterocycles. The molecule has 5 rings (SSSR count). The monoisotopic (exact) mass is 625 g/mol. The third-order valence-electron chi connectivity index (χ3n) is 6.96. The number of carbonyl (C=O) groups excluding carboxylic acids is 1. The fourth-order valence-electron chi connectivity index (χ4n) is 4.67. The summed E-state index contributed by atoms with van der Waals surface area (Å²) in [6, 6.07) is 8.49. The van der Waals surface area contributed by atoms with Gasteiger partial charge >= 0.3 is 12.4 Å². The lowest BCUT2D eigenvalue weighted by Gasteiger charge is -2.27. The number of nitrogens with one attached hydrogen (secondary N) is 1. The quantitative estimate of drug-likeness (QED) is 0.391. The minimum absolute atomic E-state index is 0.0554. The normalized spacial score (nSPS) is 15.8. The first kappa shape index (κ1) is 33.1. The number of carbonyl (C=O) groups is 1. The number of anilines is 1. The molecule has 0 aliphatic carbocycles. The van der Waals surface area contributed by atoms with E-state index in [2.05, 4.69) is 15.3 Å². The van der Waals surface area contributed by atoms with E-state index in [4.69, 9.17) is 9.47 Å². The van der Waals surface area contributed by atoms with Crippen molar-refractivity contribution in [3.8, 4) is 11.3 Å². The van der Waals surface area contributed by atoms with Crippen molar-refractivity contribution in [2.45, 2.75) is 25.8 Å². The molecule has 14 heteroatoms. The summed E-state index contributed by atoms with van der Waals surface area (Å²) in [6.07, 6.45) is -8.63. The van der Waals surface area contributed by atoms with E-state index in [1.165, 1.54) is 13.2 Å². The van der Waals surface area contributed by atoms with Gasteiger partial charge in [-0.3, -0.25) is 4.79 Å². The Hall–Kier alpha value is -3.75. The first-order chi connectivity index (χ1) is 20.8. The smallest absolute Gasteiger partial charge is 0.379 e. The summed E-state index contributed by atoms with van der Waals surface area (Å²) in [5.41, 5.74) is -1.34. The van der Waals surface area contributed by atoms with Gasteiger partial charge in [-0.05, 0) is 36.2 Å². The van der Waals surface area contributed by atoms with Crippen molar-refractivity contribution < 1.29 is 40.6 Å². The van der Waals surface area contributed by atoms with E-state index in [1.807, 2.05) is 24.0 Å². The molecule has 2 saturated heterocycles. The Morgan fingerprint density at radius 2 is 1.52 bits per heavy atom. The highest BCUT2D eigenvalue weighted by Gasteiger charge is 2.37. The fourth-order valence-corrected chi connectivity index (χ4v) is 4.67. The zero-order valence-corrected chi connectivity index (χ0v) is 24.3. The van der Waals surface area contributed by atoms with Crippen molar-refractivity contribution in [1.29, 1.82) is 0 Å². The molecule has 0 bridgehead atoms. The van der Waals surface area contributed by atoms with E-state index in [0.717, 1.165) is 36.8 Å². The maximum absolute atomic E-state index is 13.5. The summed E-state index contributed by atoms with van der Waals surface area (Å²) >= 11 is 0. The van der Waals surface area contributed by atoms with Crippen molar-refractivity contribution in [1.82, 2.24) is 20.2 Å². The molecule has 3 aromatic rings. The number of morpholine rings is 2. The summed E-state index contributed by atoms with van der Waals surface area (Å²) in [6.45, 7) is 7.26. The molecule has 0 atom stereocenters. The minimum Gasteiger partial charge on any atom is -0.379 e. The third-order valence-corrected chi connectivity index (χ3v) is 6.96. The van der Waals surface area contributed by atoms with Crippen LogP contribution in [0.15, 0.2) is 48.7 Å². The van der Waals surface area contributed by atoms with Crippen LogP contribution in [0.1, 0.15) is 32.6 Å². The number of aryl methyl sites for hydroxylation is 1. The lowest BCUT2D eigenvalue weighted by atomic mass is 10.0. The lowest BCUT2D eigenvalue weighted by Crippen LogP contribution is -2.37. The van der Waals surface area contributed by atoms with E-state index < -0.39 is 35.9 Å². The molecule has 2 aliphatic rings. The molecule has 1 N–H and O–H groups in total. The Bertz CT molecular complexity index is 1380. The van der Waals surface area contributed by atoms with Crippen LogP contribution in [0.5, 0.6) is 0 Å². The molecule has 1 aromatic heterocycles. The summed E-state index contributed by atoms with van der Waals surface area (Å²) in [4.78, 5) is 25.4. The molecule has 0 radical (unpaired) electrons. The van der Waals surface area contributed by atoms with Gasteiger partial charge in [-0.25, -0.2) is 9.97 Å². The molecule has 0 spiro atoms. The van der Waals surface area contributed by atoms with Gasteiger partial charge in [-0.2, -0.15) is 26.3 Å². The first-order valence-corrected chi connectivity index (χ1v) is 13.9. The van der Waals surface area contributed by atoms with E-state index in [0.29, 0.717) is 55.6 Å². The number of rotatable bonds is 5. The van der Waals surface area contributed by atoms with Gasteiger partial charge < -0.3 is 24.6 Å². The largest absolute Gasteiger partial charge is 0.416 e. The van der Waals surface area contributed by atoms with Crippen molar-refractivity contribution in [3.63, 3.8) is 0 Å². The molecule has 1 amide bonds. The second-order valence-electron chi connectivity index (χ2n) is 10.3. The predicted molar refractivity (Wildman–Crippen MR) is 151 cm³/mol.